The molecular weight excluding hydrogens is 412 g/mol. The minimum atomic E-state index is -0.682. The lowest BCUT2D eigenvalue weighted by atomic mass is 10.1. The van der Waals surface area contributed by atoms with Crippen molar-refractivity contribution in [1.82, 2.24) is 5.32 Å². The van der Waals surface area contributed by atoms with E-state index in [1.807, 2.05) is 18.7 Å². The molecule has 0 saturated carbocycles. The predicted molar refractivity (Wildman–Crippen MR) is 115 cm³/mol. The Morgan fingerprint density at radius 1 is 1.27 bits per heavy atom. The summed E-state index contributed by atoms with van der Waals surface area (Å²) in [6.07, 6.45) is 1.58. The van der Waals surface area contributed by atoms with E-state index in [2.05, 4.69) is 5.32 Å². The maximum Gasteiger partial charge on any atom is 0.414 e. The number of halogens is 2. The standard InChI is InChI=1S/C21H29F2N3O3S/c1-3-6-19(27)24-14(2)18-13-26(21(28)29-18)15-11-16(22)20(17(23)12-15)25-7-4-9-30-10-5-8-25/h11-12,14,18H,3-10,13H2,1-2H3,(H,24,27). The van der Waals surface area contributed by atoms with E-state index in [-0.39, 0.29) is 23.8 Å². The third kappa shape index (κ3) is 5.36. The Hall–Kier alpha value is -2.03. The molecule has 166 valence electrons. The Bertz CT molecular complexity index is 749. The summed E-state index contributed by atoms with van der Waals surface area (Å²) in [5.74, 6) is 0.475. The number of nitrogens with zero attached hydrogens (tertiary/aromatic N) is 2. The quantitative estimate of drug-likeness (QED) is 0.725. The lowest BCUT2D eigenvalue weighted by Crippen LogP contribution is -2.43. The molecule has 3 rings (SSSR count). The Balaban J connectivity index is 1.73. The average molecular weight is 442 g/mol. The van der Waals surface area contributed by atoms with E-state index in [0.717, 1.165) is 30.8 Å². The third-order valence-electron chi connectivity index (χ3n) is 5.32. The third-order valence-corrected chi connectivity index (χ3v) is 6.48. The highest BCUT2D eigenvalue weighted by Crippen LogP contribution is 2.32. The van der Waals surface area contributed by atoms with Gasteiger partial charge < -0.3 is 15.0 Å². The van der Waals surface area contributed by atoms with E-state index in [9.17, 15) is 18.4 Å². The molecule has 0 aromatic heterocycles. The van der Waals surface area contributed by atoms with Gasteiger partial charge in [-0.25, -0.2) is 13.6 Å². The molecule has 2 aliphatic rings. The van der Waals surface area contributed by atoms with Gasteiger partial charge in [0.05, 0.1) is 18.3 Å². The summed E-state index contributed by atoms with van der Waals surface area (Å²) in [4.78, 5) is 27.1. The van der Waals surface area contributed by atoms with Crippen molar-refractivity contribution in [1.29, 1.82) is 0 Å². The van der Waals surface area contributed by atoms with Crippen LogP contribution < -0.4 is 15.1 Å². The number of amides is 2. The van der Waals surface area contributed by atoms with Crippen LogP contribution >= 0.6 is 11.8 Å². The summed E-state index contributed by atoms with van der Waals surface area (Å²) in [7, 11) is 0. The molecular formula is C21H29F2N3O3S. The number of cyclic esters (lactones) is 1. The number of carbonyl (C=O) groups is 2. The van der Waals surface area contributed by atoms with Crippen LogP contribution in [0, 0.1) is 11.6 Å². The first-order valence-electron chi connectivity index (χ1n) is 10.5. The monoisotopic (exact) mass is 441 g/mol. The first-order chi connectivity index (χ1) is 14.4. The van der Waals surface area contributed by atoms with Crippen molar-refractivity contribution in [2.75, 3.05) is 40.9 Å². The lowest BCUT2D eigenvalue weighted by Gasteiger charge is -2.28. The van der Waals surface area contributed by atoms with Gasteiger partial charge in [-0.2, -0.15) is 11.8 Å². The van der Waals surface area contributed by atoms with Crippen LogP contribution in [0.3, 0.4) is 0 Å². The Kier molecular flexibility index (Phi) is 7.80. The van der Waals surface area contributed by atoms with Crippen LogP contribution in [0.25, 0.3) is 0 Å². The smallest absolute Gasteiger partial charge is 0.414 e. The summed E-state index contributed by atoms with van der Waals surface area (Å²) < 4.78 is 35.1. The van der Waals surface area contributed by atoms with E-state index < -0.39 is 29.9 Å². The number of nitrogens with one attached hydrogen (secondary N) is 1. The van der Waals surface area contributed by atoms with Crippen LogP contribution in [0.5, 0.6) is 0 Å². The highest BCUT2D eigenvalue weighted by atomic mass is 32.2. The second-order valence-corrected chi connectivity index (χ2v) is 8.93. The first-order valence-corrected chi connectivity index (χ1v) is 11.7. The number of ether oxygens (including phenoxy) is 1. The molecule has 1 aromatic carbocycles. The minimum absolute atomic E-state index is 0.0324. The molecule has 2 amide bonds. The van der Waals surface area contributed by atoms with Crippen LogP contribution in [-0.2, 0) is 9.53 Å². The molecule has 0 bridgehead atoms. The molecule has 2 atom stereocenters. The van der Waals surface area contributed by atoms with Crippen molar-refractivity contribution in [2.45, 2.75) is 51.7 Å². The fourth-order valence-electron chi connectivity index (χ4n) is 3.76. The van der Waals surface area contributed by atoms with Gasteiger partial charge >= 0.3 is 6.09 Å². The zero-order chi connectivity index (χ0) is 21.7. The second-order valence-electron chi connectivity index (χ2n) is 7.70. The van der Waals surface area contributed by atoms with Gasteiger partial charge in [0.15, 0.2) is 11.6 Å². The van der Waals surface area contributed by atoms with Gasteiger partial charge in [-0.1, -0.05) is 6.92 Å². The fraction of sp³-hybridized carbons (Fsp3) is 0.619. The zero-order valence-corrected chi connectivity index (χ0v) is 18.3. The molecule has 2 heterocycles. The topological polar surface area (TPSA) is 61.9 Å². The first kappa shape index (κ1) is 22.7. The van der Waals surface area contributed by atoms with Gasteiger partial charge in [0.1, 0.15) is 11.8 Å². The van der Waals surface area contributed by atoms with Crippen molar-refractivity contribution in [3.63, 3.8) is 0 Å². The van der Waals surface area contributed by atoms with Gasteiger partial charge in [-0.15, -0.1) is 0 Å². The Labute approximate surface area is 180 Å². The molecule has 0 radical (unpaired) electrons. The summed E-state index contributed by atoms with van der Waals surface area (Å²) in [6, 6.07) is 1.98. The number of hydrogen-bond donors (Lipinski definition) is 1. The summed E-state index contributed by atoms with van der Waals surface area (Å²) >= 11 is 1.86. The number of thioether (sulfide) groups is 1. The van der Waals surface area contributed by atoms with Crippen molar-refractivity contribution >= 4 is 35.1 Å². The van der Waals surface area contributed by atoms with Gasteiger partial charge in [0.2, 0.25) is 5.91 Å². The average Bonchev–Trinajstić information content (AvgIpc) is 3.04. The molecule has 0 spiro atoms. The van der Waals surface area contributed by atoms with Gasteiger partial charge in [0, 0.05) is 31.6 Å². The highest BCUT2D eigenvalue weighted by Gasteiger charge is 2.37. The largest absolute Gasteiger partial charge is 0.442 e. The van der Waals surface area contributed by atoms with E-state index in [1.54, 1.807) is 11.8 Å². The van der Waals surface area contributed by atoms with Crippen molar-refractivity contribution < 1.29 is 23.1 Å². The maximum atomic E-state index is 14.9. The second kappa shape index (κ2) is 10.3. The number of hydrogen-bond acceptors (Lipinski definition) is 5. The Morgan fingerprint density at radius 2 is 1.90 bits per heavy atom. The minimum Gasteiger partial charge on any atom is -0.442 e. The van der Waals surface area contributed by atoms with E-state index >= 15 is 0 Å². The van der Waals surface area contributed by atoms with Crippen LogP contribution in [0.4, 0.5) is 25.0 Å². The maximum absolute atomic E-state index is 14.9. The lowest BCUT2D eigenvalue weighted by molar-refractivity contribution is -0.122. The van der Waals surface area contributed by atoms with Crippen LogP contribution in [-0.4, -0.2) is 55.3 Å². The van der Waals surface area contributed by atoms with Crippen molar-refractivity contribution in [2.24, 2.45) is 0 Å². The molecule has 0 aliphatic carbocycles. The van der Waals surface area contributed by atoms with Crippen LogP contribution in [0.15, 0.2) is 12.1 Å². The molecule has 2 fully saturated rings. The van der Waals surface area contributed by atoms with E-state index in [4.69, 9.17) is 4.74 Å². The number of anilines is 2. The molecule has 1 aromatic rings. The summed E-state index contributed by atoms with van der Waals surface area (Å²) in [6.45, 7) is 4.97. The molecule has 2 saturated heterocycles. The molecule has 6 nitrogen and oxygen atoms in total. The fourth-order valence-corrected chi connectivity index (χ4v) is 4.64. The van der Waals surface area contributed by atoms with E-state index in [1.165, 1.54) is 17.0 Å². The van der Waals surface area contributed by atoms with Crippen LogP contribution in [0.2, 0.25) is 0 Å². The number of carbonyl (C=O) groups excluding carboxylic acids is 2. The van der Waals surface area contributed by atoms with Gasteiger partial charge in [0.25, 0.3) is 0 Å². The van der Waals surface area contributed by atoms with Gasteiger partial charge in [-0.05, 0) is 37.7 Å². The SMILES string of the molecule is CCCC(=O)NC(C)C1CN(c2cc(F)c(N3CCCSCCC3)c(F)c2)C(=O)O1. The molecule has 2 aliphatic heterocycles. The van der Waals surface area contributed by atoms with Crippen molar-refractivity contribution in [3.05, 3.63) is 23.8 Å². The van der Waals surface area contributed by atoms with Gasteiger partial charge in [-0.3, -0.25) is 9.69 Å². The van der Waals surface area contributed by atoms with E-state index in [0.29, 0.717) is 19.5 Å². The normalized spacial score (nSPS) is 21.1. The molecule has 9 heteroatoms. The van der Waals surface area contributed by atoms with Crippen LogP contribution in [0.1, 0.15) is 39.5 Å². The number of rotatable bonds is 6. The highest BCUT2D eigenvalue weighted by molar-refractivity contribution is 7.99. The molecule has 30 heavy (non-hydrogen) atoms. The molecule has 2 unspecified atom stereocenters. The molecule has 1 N–H and O–H groups in total. The predicted octanol–water partition coefficient (Wildman–Crippen LogP) is 3.93. The Morgan fingerprint density at radius 3 is 2.50 bits per heavy atom. The zero-order valence-electron chi connectivity index (χ0n) is 17.5. The van der Waals surface area contributed by atoms with Crippen molar-refractivity contribution in [3.8, 4) is 0 Å². The summed E-state index contributed by atoms with van der Waals surface area (Å²) in [5, 5.41) is 2.80. The number of benzene rings is 1. The summed E-state index contributed by atoms with van der Waals surface area (Å²) in [5.41, 5.74) is 0.0888.